The van der Waals surface area contributed by atoms with E-state index in [4.69, 9.17) is 9.47 Å². The fourth-order valence-corrected chi connectivity index (χ4v) is 3.68. The fraction of sp³-hybridized carbons (Fsp3) is 0.526. The number of methoxy groups -OCH3 is 2. The number of carbonyl (C=O) groups is 3. The van der Waals surface area contributed by atoms with E-state index in [2.05, 4.69) is 0 Å². The summed E-state index contributed by atoms with van der Waals surface area (Å²) < 4.78 is 9.94. The molecule has 0 radical (unpaired) electrons. The van der Waals surface area contributed by atoms with Gasteiger partial charge in [0.05, 0.1) is 26.1 Å². The van der Waals surface area contributed by atoms with Gasteiger partial charge in [0.25, 0.3) is 0 Å². The van der Waals surface area contributed by atoms with E-state index in [1.54, 1.807) is 29.0 Å². The van der Waals surface area contributed by atoms with Crippen molar-refractivity contribution in [2.24, 2.45) is 11.8 Å². The number of rotatable bonds is 4. The number of hydrogen-bond donors (Lipinski definition) is 0. The van der Waals surface area contributed by atoms with Gasteiger partial charge in [0.1, 0.15) is 5.75 Å². The number of anilines is 1. The average molecular weight is 360 g/mol. The molecule has 2 heterocycles. The van der Waals surface area contributed by atoms with Crippen LogP contribution in [0.2, 0.25) is 0 Å². The highest BCUT2D eigenvalue weighted by Crippen LogP contribution is 2.29. The lowest BCUT2D eigenvalue weighted by Gasteiger charge is -2.33. The Balaban J connectivity index is 1.65. The Bertz CT molecular complexity index is 688. The number of nitrogens with zero attached hydrogens (tertiary/aromatic N) is 2. The zero-order valence-corrected chi connectivity index (χ0v) is 15.1. The first-order chi connectivity index (χ1) is 12.5. The average Bonchev–Trinajstić information content (AvgIpc) is 3.08. The van der Waals surface area contributed by atoms with Gasteiger partial charge in [-0.05, 0) is 37.1 Å². The summed E-state index contributed by atoms with van der Waals surface area (Å²) in [5.74, 6) is -0.313. The van der Waals surface area contributed by atoms with Crippen LogP contribution in [0.15, 0.2) is 24.3 Å². The summed E-state index contributed by atoms with van der Waals surface area (Å²) >= 11 is 0. The lowest BCUT2D eigenvalue weighted by molar-refractivity contribution is -0.149. The minimum atomic E-state index is -0.374. The number of ether oxygens (including phenoxy) is 2. The summed E-state index contributed by atoms with van der Waals surface area (Å²) in [4.78, 5) is 40.4. The number of piperidine rings is 1. The molecule has 0 bridgehead atoms. The summed E-state index contributed by atoms with van der Waals surface area (Å²) in [6, 6.07) is 7.22. The monoisotopic (exact) mass is 360 g/mol. The predicted octanol–water partition coefficient (Wildman–Crippen LogP) is 1.46. The Kier molecular flexibility index (Phi) is 5.44. The van der Waals surface area contributed by atoms with Crippen molar-refractivity contribution >= 4 is 23.5 Å². The van der Waals surface area contributed by atoms with Crippen LogP contribution in [0.1, 0.15) is 19.3 Å². The maximum absolute atomic E-state index is 12.9. The highest BCUT2D eigenvalue weighted by Gasteiger charge is 2.39. The molecule has 0 aromatic heterocycles. The molecule has 0 aliphatic carbocycles. The maximum atomic E-state index is 12.9. The van der Waals surface area contributed by atoms with Crippen LogP contribution in [0, 0.1) is 11.8 Å². The number of carbonyl (C=O) groups excluding carboxylic acids is 3. The molecule has 1 aromatic rings. The van der Waals surface area contributed by atoms with Gasteiger partial charge in [0.15, 0.2) is 0 Å². The van der Waals surface area contributed by atoms with Crippen LogP contribution in [0.4, 0.5) is 5.69 Å². The maximum Gasteiger partial charge on any atom is 0.310 e. The van der Waals surface area contributed by atoms with Gasteiger partial charge in [-0.15, -0.1) is 0 Å². The molecule has 2 fully saturated rings. The first-order valence-electron chi connectivity index (χ1n) is 8.84. The van der Waals surface area contributed by atoms with Gasteiger partial charge in [0, 0.05) is 31.7 Å². The quantitative estimate of drug-likeness (QED) is 0.760. The van der Waals surface area contributed by atoms with Crippen LogP contribution in [-0.4, -0.2) is 56.5 Å². The second-order valence-corrected chi connectivity index (χ2v) is 6.75. The Labute approximate surface area is 152 Å². The topological polar surface area (TPSA) is 76.2 Å². The minimum absolute atomic E-state index is 0.0528. The van der Waals surface area contributed by atoms with Crippen molar-refractivity contribution < 1.29 is 23.9 Å². The zero-order chi connectivity index (χ0) is 18.7. The smallest absolute Gasteiger partial charge is 0.310 e. The van der Waals surface area contributed by atoms with Gasteiger partial charge in [0.2, 0.25) is 11.8 Å². The van der Waals surface area contributed by atoms with Crippen molar-refractivity contribution in [3.8, 4) is 5.75 Å². The molecule has 0 N–H and O–H groups in total. The molecule has 1 aromatic carbocycles. The van der Waals surface area contributed by atoms with Crippen molar-refractivity contribution in [3.63, 3.8) is 0 Å². The number of likely N-dealkylation sites (tertiary alicyclic amines) is 1. The third-order valence-electron chi connectivity index (χ3n) is 5.13. The van der Waals surface area contributed by atoms with Gasteiger partial charge in [-0.25, -0.2) is 0 Å². The summed E-state index contributed by atoms with van der Waals surface area (Å²) in [6.45, 7) is 1.36. The van der Waals surface area contributed by atoms with Crippen LogP contribution in [0.5, 0.6) is 5.75 Å². The van der Waals surface area contributed by atoms with Crippen LogP contribution < -0.4 is 9.64 Å². The molecule has 0 spiro atoms. The largest absolute Gasteiger partial charge is 0.497 e. The second-order valence-electron chi connectivity index (χ2n) is 6.75. The van der Waals surface area contributed by atoms with Gasteiger partial charge < -0.3 is 19.3 Å². The summed E-state index contributed by atoms with van der Waals surface area (Å²) in [6.07, 6.45) is 1.71. The fourth-order valence-electron chi connectivity index (χ4n) is 3.68. The molecule has 0 saturated carbocycles. The summed E-state index contributed by atoms with van der Waals surface area (Å²) in [5, 5.41) is 0. The Morgan fingerprint density at radius 3 is 2.46 bits per heavy atom. The minimum Gasteiger partial charge on any atom is -0.497 e. The number of hydrogen-bond acceptors (Lipinski definition) is 5. The van der Waals surface area contributed by atoms with Gasteiger partial charge in [-0.2, -0.15) is 0 Å². The van der Waals surface area contributed by atoms with Crippen molar-refractivity contribution in [1.82, 2.24) is 4.90 Å². The predicted molar refractivity (Wildman–Crippen MR) is 94.8 cm³/mol. The van der Waals surface area contributed by atoms with E-state index in [0.717, 1.165) is 24.3 Å². The van der Waals surface area contributed by atoms with Crippen LogP contribution in [-0.2, 0) is 19.1 Å². The molecule has 7 nitrogen and oxygen atoms in total. The van der Waals surface area contributed by atoms with E-state index in [1.807, 2.05) is 12.1 Å². The molecule has 3 rings (SSSR count). The van der Waals surface area contributed by atoms with Crippen LogP contribution in [0.25, 0.3) is 0 Å². The van der Waals surface area contributed by atoms with Crippen molar-refractivity contribution in [2.45, 2.75) is 19.3 Å². The Morgan fingerprint density at radius 2 is 1.81 bits per heavy atom. The van der Waals surface area contributed by atoms with E-state index in [0.29, 0.717) is 19.6 Å². The van der Waals surface area contributed by atoms with Crippen LogP contribution in [0.3, 0.4) is 0 Å². The van der Waals surface area contributed by atoms with E-state index in [9.17, 15) is 14.4 Å². The molecule has 140 valence electrons. The van der Waals surface area contributed by atoms with Crippen molar-refractivity contribution in [1.29, 1.82) is 0 Å². The standard InChI is InChI=1S/C19H24N2O5/c1-25-16-7-5-15(6-8-16)21-12-14(10-17(21)22)18(23)20-9-3-4-13(11-20)19(24)26-2/h5-8,13-14H,3-4,9-12H2,1-2H3. The Morgan fingerprint density at radius 1 is 1.08 bits per heavy atom. The van der Waals surface area contributed by atoms with E-state index in [-0.39, 0.29) is 36.0 Å². The molecule has 2 unspecified atom stereocenters. The first-order valence-corrected chi connectivity index (χ1v) is 8.84. The molecule has 2 aliphatic heterocycles. The zero-order valence-electron chi connectivity index (χ0n) is 15.1. The van der Waals surface area contributed by atoms with E-state index < -0.39 is 0 Å². The third-order valence-corrected chi connectivity index (χ3v) is 5.13. The molecule has 26 heavy (non-hydrogen) atoms. The first kappa shape index (κ1) is 18.2. The lowest BCUT2D eigenvalue weighted by atomic mass is 9.96. The third kappa shape index (κ3) is 3.66. The molecule has 2 amide bonds. The summed E-state index contributed by atoms with van der Waals surface area (Å²) in [5.41, 5.74) is 0.761. The molecule has 2 aliphatic rings. The normalized spacial score (nSPS) is 23.1. The number of benzene rings is 1. The van der Waals surface area contributed by atoms with Crippen molar-refractivity contribution in [3.05, 3.63) is 24.3 Å². The van der Waals surface area contributed by atoms with E-state index >= 15 is 0 Å². The number of esters is 1. The van der Waals surface area contributed by atoms with Crippen molar-refractivity contribution in [2.75, 3.05) is 38.8 Å². The Hall–Kier alpha value is -2.57. The van der Waals surface area contributed by atoms with Crippen LogP contribution >= 0.6 is 0 Å². The van der Waals surface area contributed by atoms with Gasteiger partial charge in [-0.3, -0.25) is 14.4 Å². The molecule has 2 saturated heterocycles. The highest BCUT2D eigenvalue weighted by atomic mass is 16.5. The number of amides is 2. The second kappa shape index (κ2) is 7.76. The lowest BCUT2D eigenvalue weighted by Crippen LogP contribution is -2.45. The SMILES string of the molecule is COC(=O)C1CCCN(C(=O)C2CC(=O)N(c3ccc(OC)cc3)C2)C1. The molecular weight excluding hydrogens is 336 g/mol. The highest BCUT2D eigenvalue weighted by molar-refractivity contribution is 6.00. The molecular formula is C19H24N2O5. The molecule has 2 atom stereocenters. The van der Waals surface area contributed by atoms with E-state index in [1.165, 1.54) is 7.11 Å². The van der Waals surface area contributed by atoms with Gasteiger partial charge in [-0.1, -0.05) is 0 Å². The van der Waals surface area contributed by atoms with Gasteiger partial charge >= 0.3 is 5.97 Å². The molecule has 7 heteroatoms. The summed E-state index contributed by atoms with van der Waals surface area (Å²) in [7, 11) is 2.95.